The number of aromatic carboxylic acids is 1. The average molecular weight is 367 g/mol. The van der Waals surface area contributed by atoms with Crippen LogP contribution in [0.5, 0.6) is 0 Å². The third kappa shape index (κ3) is 3.63. The number of carbonyl (C=O) groups is 1. The smallest absolute Gasteiger partial charge is 0.335 e. The summed E-state index contributed by atoms with van der Waals surface area (Å²) in [7, 11) is 0. The fourth-order valence-electron chi connectivity index (χ4n) is 2.37. The van der Waals surface area contributed by atoms with E-state index in [1.165, 1.54) is 47.1 Å². The number of hydrogen-bond acceptors (Lipinski definition) is 6. The van der Waals surface area contributed by atoms with Gasteiger partial charge < -0.3 is 5.11 Å². The first kappa shape index (κ1) is 17.7. The zero-order valence-electron chi connectivity index (χ0n) is 14.0. The summed E-state index contributed by atoms with van der Waals surface area (Å²) in [5.41, 5.74) is 0.665. The maximum absolute atomic E-state index is 12.6. The van der Waals surface area contributed by atoms with Gasteiger partial charge in [-0.25, -0.2) is 9.48 Å². The van der Waals surface area contributed by atoms with Crippen LogP contribution in [0, 0.1) is 17.0 Å². The Balaban J connectivity index is 1.94. The van der Waals surface area contributed by atoms with E-state index < -0.39 is 16.5 Å². The van der Waals surface area contributed by atoms with Gasteiger partial charge in [0, 0.05) is 12.1 Å². The number of aryl methyl sites for hydroxylation is 1. The Morgan fingerprint density at radius 2 is 1.89 bits per heavy atom. The molecule has 0 fully saturated rings. The molecule has 10 nitrogen and oxygen atoms in total. The molecule has 2 N–H and O–H groups in total. The van der Waals surface area contributed by atoms with Crippen LogP contribution < -0.4 is 5.56 Å². The number of H-pyrrole nitrogens is 1. The summed E-state index contributed by atoms with van der Waals surface area (Å²) in [5, 5.41) is 30.4. The molecule has 0 amide bonds. The number of azo groups is 1. The molecule has 0 atom stereocenters. The second kappa shape index (κ2) is 7.04. The number of nitro groups is 1. The van der Waals surface area contributed by atoms with Crippen molar-refractivity contribution in [1.82, 2.24) is 9.78 Å². The lowest BCUT2D eigenvalue weighted by atomic mass is 10.2. The van der Waals surface area contributed by atoms with Crippen molar-refractivity contribution in [3.63, 3.8) is 0 Å². The molecule has 0 aliphatic heterocycles. The third-order valence-electron chi connectivity index (χ3n) is 3.72. The first-order chi connectivity index (χ1) is 12.9. The summed E-state index contributed by atoms with van der Waals surface area (Å²) < 4.78 is 1.20. The minimum absolute atomic E-state index is 0.0501. The molecule has 0 spiro atoms. The topological polar surface area (TPSA) is 143 Å². The maximum atomic E-state index is 12.6. The Kier molecular flexibility index (Phi) is 4.62. The minimum atomic E-state index is -1.09. The van der Waals surface area contributed by atoms with Gasteiger partial charge in [0.05, 0.1) is 27.6 Å². The van der Waals surface area contributed by atoms with Crippen molar-refractivity contribution in [3.8, 4) is 5.69 Å². The molecule has 0 unspecified atom stereocenters. The lowest BCUT2D eigenvalue weighted by Gasteiger charge is -2.00. The molecule has 2 aromatic carbocycles. The second-order valence-electron chi connectivity index (χ2n) is 5.55. The molecule has 0 saturated heterocycles. The van der Waals surface area contributed by atoms with Crippen molar-refractivity contribution in [1.29, 1.82) is 0 Å². The predicted molar refractivity (Wildman–Crippen MR) is 95.4 cm³/mol. The first-order valence-electron chi connectivity index (χ1n) is 7.68. The van der Waals surface area contributed by atoms with Crippen molar-refractivity contribution >= 4 is 23.0 Å². The summed E-state index contributed by atoms with van der Waals surface area (Å²) in [6.45, 7) is 1.63. The highest BCUT2D eigenvalue weighted by Crippen LogP contribution is 2.20. The number of carboxylic acids is 1. The summed E-state index contributed by atoms with van der Waals surface area (Å²) in [6, 6.07) is 11.3. The number of nitrogens with zero attached hydrogens (tertiary/aromatic N) is 4. The van der Waals surface area contributed by atoms with Gasteiger partial charge in [-0.2, -0.15) is 5.11 Å². The lowest BCUT2D eigenvalue weighted by Crippen LogP contribution is -2.13. The Labute approximate surface area is 151 Å². The molecule has 136 valence electrons. The van der Waals surface area contributed by atoms with Crippen molar-refractivity contribution in [2.45, 2.75) is 6.92 Å². The van der Waals surface area contributed by atoms with Gasteiger partial charge in [-0.3, -0.25) is 20.0 Å². The van der Waals surface area contributed by atoms with Crippen molar-refractivity contribution < 1.29 is 14.8 Å². The van der Waals surface area contributed by atoms with Gasteiger partial charge in [-0.15, -0.1) is 5.11 Å². The fraction of sp³-hybridized carbons (Fsp3) is 0.0588. The first-order valence-corrected chi connectivity index (χ1v) is 7.68. The van der Waals surface area contributed by atoms with Gasteiger partial charge in [0.25, 0.3) is 11.2 Å². The van der Waals surface area contributed by atoms with Crippen molar-refractivity contribution in [2.24, 2.45) is 10.2 Å². The average Bonchev–Trinajstić information content (AvgIpc) is 2.94. The maximum Gasteiger partial charge on any atom is 0.335 e. The van der Waals surface area contributed by atoms with Crippen molar-refractivity contribution in [3.05, 3.63) is 80.3 Å². The van der Waals surface area contributed by atoms with Gasteiger partial charge in [-0.05, 0) is 37.3 Å². The number of non-ortho nitro benzene ring substituents is 1. The van der Waals surface area contributed by atoms with E-state index in [0.717, 1.165) is 0 Å². The molecule has 1 aromatic heterocycles. The minimum Gasteiger partial charge on any atom is -0.478 e. The molecule has 0 radical (unpaired) electrons. The molecular formula is C17H13N5O5. The number of nitro benzene ring substituents is 1. The largest absolute Gasteiger partial charge is 0.478 e. The number of aromatic amines is 1. The highest BCUT2D eigenvalue weighted by molar-refractivity contribution is 5.88. The van der Waals surface area contributed by atoms with Crippen LogP contribution in [0.1, 0.15) is 16.1 Å². The molecule has 27 heavy (non-hydrogen) atoms. The monoisotopic (exact) mass is 367 g/mol. The van der Waals surface area contributed by atoms with E-state index in [2.05, 4.69) is 15.3 Å². The molecule has 3 rings (SSSR count). The van der Waals surface area contributed by atoms with E-state index in [0.29, 0.717) is 11.4 Å². The highest BCUT2D eigenvalue weighted by Gasteiger charge is 2.13. The molecule has 10 heteroatoms. The van der Waals surface area contributed by atoms with Crippen molar-refractivity contribution in [2.75, 3.05) is 0 Å². The van der Waals surface area contributed by atoms with Crippen LogP contribution in [-0.2, 0) is 0 Å². The lowest BCUT2D eigenvalue weighted by molar-refractivity contribution is -0.384. The van der Waals surface area contributed by atoms with Crippen LogP contribution in [0.3, 0.4) is 0 Å². The number of nitrogens with one attached hydrogen (secondary N) is 1. The standard InChI is InChI=1S/C17H13N5O5/c1-10-15(19-18-12-4-2-3-11(9-12)17(24)25)16(23)21(20-10)13-5-7-14(8-6-13)22(26)27/h2-9,20H,1H3,(H,24,25). The number of benzene rings is 2. The van der Waals surface area contributed by atoms with Crippen LogP contribution in [0.15, 0.2) is 63.6 Å². The Morgan fingerprint density at radius 1 is 1.19 bits per heavy atom. The number of carboxylic acid groups (broad SMARTS) is 1. The predicted octanol–water partition coefficient (Wildman–Crippen LogP) is 3.50. The number of aromatic nitrogens is 2. The summed E-state index contributed by atoms with van der Waals surface area (Å²) >= 11 is 0. The van der Waals surface area contributed by atoms with E-state index >= 15 is 0 Å². The quantitative estimate of drug-likeness (QED) is 0.403. The summed E-state index contributed by atoms with van der Waals surface area (Å²) in [4.78, 5) is 33.7. The van der Waals surface area contributed by atoms with E-state index in [4.69, 9.17) is 5.11 Å². The van der Waals surface area contributed by atoms with Crippen LogP contribution in [0.4, 0.5) is 17.1 Å². The van der Waals surface area contributed by atoms with Gasteiger partial charge in [0.15, 0.2) is 5.69 Å². The zero-order chi connectivity index (χ0) is 19.6. The Morgan fingerprint density at radius 3 is 2.52 bits per heavy atom. The van der Waals surface area contributed by atoms with E-state index in [1.807, 2.05) is 0 Å². The Bertz CT molecular complexity index is 1110. The number of hydrogen-bond donors (Lipinski definition) is 2. The molecule has 3 aromatic rings. The highest BCUT2D eigenvalue weighted by atomic mass is 16.6. The van der Waals surface area contributed by atoms with Gasteiger partial charge in [-0.1, -0.05) is 6.07 Å². The van der Waals surface area contributed by atoms with E-state index in [-0.39, 0.29) is 22.6 Å². The van der Waals surface area contributed by atoms with Gasteiger partial charge >= 0.3 is 5.97 Å². The number of rotatable bonds is 5. The molecule has 0 saturated carbocycles. The molecular weight excluding hydrogens is 354 g/mol. The second-order valence-corrected chi connectivity index (χ2v) is 5.55. The van der Waals surface area contributed by atoms with E-state index in [9.17, 15) is 19.7 Å². The summed E-state index contributed by atoms with van der Waals surface area (Å²) in [5.74, 6) is -1.09. The molecule has 0 bridgehead atoms. The molecule has 1 heterocycles. The third-order valence-corrected chi connectivity index (χ3v) is 3.72. The van der Waals surface area contributed by atoms with E-state index in [1.54, 1.807) is 13.0 Å². The normalized spacial score (nSPS) is 11.0. The van der Waals surface area contributed by atoms with Crippen LogP contribution in [0.2, 0.25) is 0 Å². The van der Waals surface area contributed by atoms with Crippen LogP contribution in [0.25, 0.3) is 5.69 Å². The van der Waals surface area contributed by atoms with Crippen LogP contribution >= 0.6 is 0 Å². The van der Waals surface area contributed by atoms with Crippen LogP contribution in [-0.4, -0.2) is 25.8 Å². The Hall–Kier alpha value is -4.08. The molecule has 0 aliphatic rings. The molecule has 0 aliphatic carbocycles. The van der Waals surface area contributed by atoms with Gasteiger partial charge in [0.1, 0.15) is 0 Å². The zero-order valence-corrected chi connectivity index (χ0v) is 14.0. The summed E-state index contributed by atoms with van der Waals surface area (Å²) in [6.07, 6.45) is 0. The SMILES string of the molecule is Cc1[nH]n(-c2ccc([N+](=O)[O-])cc2)c(=O)c1N=Nc1cccc(C(=O)O)c1. The van der Waals surface area contributed by atoms with Gasteiger partial charge in [0.2, 0.25) is 0 Å². The fourth-order valence-corrected chi connectivity index (χ4v) is 2.37.